The second-order valence-corrected chi connectivity index (χ2v) is 4.74. The highest BCUT2D eigenvalue weighted by Gasteiger charge is 2.19. The van der Waals surface area contributed by atoms with Gasteiger partial charge in [-0.05, 0) is 45.5 Å². The van der Waals surface area contributed by atoms with Crippen LogP contribution in [0.25, 0.3) is 0 Å². The van der Waals surface area contributed by atoms with E-state index in [9.17, 15) is 5.11 Å². The zero-order valence-corrected chi connectivity index (χ0v) is 11.1. The summed E-state index contributed by atoms with van der Waals surface area (Å²) in [5, 5.41) is 10.5. The van der Waals surface area contributed by atoms with Crippen molar-refractivity contribution in [3.8, 4) is 5.75 Å². The summed E-state index contributed by atoms with van der Waals surface area (Å²) in [6, 6.07) is 5.82. The molecule has 2 nitrogen and oxygen atoms in total. The van der Waals surface area contributed by atoms with Gasteiger partial charge in [0.05, 0.1) is 0 Å². The summed E-state index contributed by atoms with van der Waals surface area (Å²) in [6.07, 6.45) is 0. The topological polar surface area (TPSA) is 23.5 Å². The molecule has 0 aliphatic carbocycles. The maximum Gasteiger partial charge on any atom is 0.120 e. The van der Waals surface area contributed by atoms with E-state index in [0.717, 1.165) is 12.1 Å². The van der Waals surface area contributed by atoms with Crippen LogP contribution in [0.3, 0.4) is 0 Å². The van der Waals surface area contributed by atoms with Gasteiger partial charge in [0.1, 0.15) is 5.75 Å². The van der Waals surface area contributed by atoms with Gasteiger partial charge in [-0.2, -0.15) is 0 Å². The third kappa shape index (κ3) is 2.89. The van der Waals surface area contributed by atoms with Gasteiger partial charge in [-0.1, -0.05) is 18.5 Å². The Labute approximate surface area is 103 Å². The van der Waals surface area contributed by atoms with Crippen LogP contribution in [-0.2, 0) is 0 Å². The van der Waals surface area contributed by atoms with E-state index in [1.807, 2.05) is 6.07 Å². The first-order valence-electron chi connectivity index (χ1n) is 5.71. The molecule has 0 amide bonds. The number of hydrogen-bond acceptors (Lipinski definition) is 2. The normalized spacial score (nSPS) is 13.4. The Bertz CT molecular complexity index is 352. The number of phenolic OH excluding ortho intramolecular Hbond substituents is 1. The molecule has 0 aliphatic rings. The molecule has 0 radical (unpaired) electrons. The first-order valence-corrected chi connectivity index (χ1v) is 6.09. The molecule has 1 unspecified atom stereocenters. The van der Waals surface area contributed by atoms with E-state index in [2.05, 4.69) is 32.6 Å². The molecule has 90 valence electrons. The Kier molecular flexibility index (Phi) is 4.63. The molecule has 0 aromatic heterocycles. The van der Waals surface area contributed by atoms with Gasteiger partial charge in [0, 0.05) is 22.7 Å². The van der Waals surface area contributed by atoms with Crippen LogP contribution in [0, 0.1) is 0 Å². The fourth-order valence-electron chi connectivity index (χ4n) is 2.12. The Hall–Kier alpha value is -0.730. The fraction of sp³-hybridized carbons (Fsp3) is 0.538. The second-order valence-electron chi connectivity index (χ2n) is 4.30. The van der Waals surface area contributed by atoms with Crippen LogP contribution in [0.2, 0.25) is 5.02 Å². The van der Waals surface area contributed by atoms with E-state index >= 15 is 0 Å². The van der Waals surface area contributed by atoms with Gasteiger partial charge in [0.2, 0.25) is 0 Å². The minimum Gasteiger partial charge on any atom is -0.508 e. The summed E-state index contributed by atoms with van der Waals surface area (Å²) in [5.41, 5.74) is 0.892. The van der Waals surface area contributed by atoms with Crippen molar-refractivity contribution in [1.29, 1.82) is 0 Å². The predicted molar refractivity (Wildman–Crippen MR) is 69.0 cm³/mol. The van der Waals surface area contributed by atoms with Crippen LogP contribution < -0.4 is 0 Å². The van der Waals surface area contributed by atoms with Crippen molar-refractivity contribution in [3.63, 3.8) is 0 Å². The van der Waals surface area contributed by atoms with E-state index in [0.29, 0.717) is 16.8 Å². The Balaban J connectivity index is 3.02. The van der Waals surface area contributed by atoms with Gasteiger partial charge in [0.25, 0.3) is 0 Å². The molecule has 1 aromatic rings. The maximum absolute atomic E-state index is 9.85. The maximum atomic E-state index is 9.85. The molecular formula is C13H20ClNO. The van der Waals surface area contributed by atoms with E-state index in [4.69, 9.17) is 11.6 Å². The lowest BCUT2D eigenvalue weighted by Gasteiger charge is -2.32. The minimum atomic E-state index is 0.170. The molecule has 0 saturated carbocycles. The van der Waals surface area contributed by atoms with E-state index in [-0.39, 0.29) is 6.04 Å². The smallest absolute Gasteiger partial charge is 0.120 e. The average Bonchev–Trinajstić information content (AvgIpc) is 2.22. The molecule has 0 fully saturated rings. The highest BCUT2D eigenvalue weighted by atomic mass is 35.5. The van der Waals surface area contributed by atoms with Crippen LogP contribution in [0.5, 0.6) is 5.75 Å². The molecule has 1 rings (SSSR count). The zero-order chi connectivity index (χ0) is 12.3. The zero-order valence-electron chi connectivity index (χ0n) is 10.4. The van der Waals surface area contributed by atoms with Crippen molar-refractivity contribution in [2.45, 2.75) is 39.8 Å². The van der Waals surface area contributed by atoms with Crippen LogP contribution >= 0.6 is 11.6 Å². The lowest BCUT2D eigenvalue weighted by molar-refractivity contribution is 0.172. The van der Waals surface area contributed by atoms with Gasteiger partial charge in [0.15, 0.2) is 0 Å². The van der Waals surface area contributed by atoms with Gasteiger partial charge in [-0.25, -0.2) is 0 Å². The van der Waals surface area contributed by atoms with Crippen molar-refractivity contribution in [2.75, 3.05) is 6.54 Å². The molecule has 1 atom stereocenters. The lowest BCUT2D eigenvalue weighted by Crippen LogP contribution is -2.33. The van der Waals surface area contributed by atoms with Crippen molar-refractivity contribution < 1.29 is 5.11 Å². The minimum absolute atomic E-state index is 0.170. The molecule has 16 heavy (non-hydrogen) atoms. The summed E-state index contributed by atoms with van der Waals surface area (Å²) in [4.78, 5) is 2.31. The number of hydrogen-bond donors (Lipinski definition) is 1. The number of halogens is 1. The largest absolute Gasteiger partial charge is 0.508 e. The number of benzene rings is 1. The number of aromatic hydroxyl groups is 1. The molecular weight excluding hydrogens is 222 g/mol. The molecule has 1 N–H and O–H groups in total. The van der Waals surface area contributed by atoms with Crippen LogP contribution in [0.15, 0.2) is 18.2 Å². The van der Waals surface area contributed by atoms with Crippen molar-refractivity contribution in [1.82, 2.24) is 4.90 Å². The molecule has 0 aliphatic heterocycles. The monoisotopic (exact) mass is 241 g/mol. The van der Waals surface area contributed by atoms with Crippen LogP contribution in [-0.4, -0.2) is 22.6 Å². The van der Waals surface area contributed by atoms with Crippen molar-refractivity contribution in [2.24, 2.45) is 0 Å². The van der Waals surface area contributed by atoms with Gasteiger partial charge in [-0.3, -0.25) is 4.90 Å². The molecule has 0 spiro atoms. The SMILES string of the molecule is CCN(C(C)C)C(C)c1cc(Cl)ccc1O. The quantitative estimate of drug-likeness (QED) is 0.866. The summed E-state index contributed by atoms with van der Waals surface area (Å²) in [6.45, 7) is 9.47. The Morgan fingerprint density at radius 3 is 2.44 bits per heavy atom. The highest BCUT2D eigenvalue weighted by Crippen LogP contribution is 2.31. The molecule has 3 heteroatoms. The van der Waals surface area contributed by atoms with Crippen molar-refractivity contribution in [3.05, 3.63) is 28.8 Å². The molecule has 0 bridgehead atoms. The lowest BCUT2D eigenvalue weighted by atomic mass is 10.0. The third-order valence-corrected chi connectivity index (χ3v) is 3.20. The van der Waals surface area contributed by atoms with Gasteiger partial charge in [-0.15, -0.1) is 0 Å². The molecule has 0 heterocycles. The number of rotatable bonds is 4. The standard InChI is InChI=1S/C13H20ClNO/c1-5-15(9(2)3)10(4)12-8-11(14)6-7-13(12)16/h6-10,16H,5H2,1-4H3. The predicted octanol–water partition coefficient (Wildman–Crippen LogP) is 3.84. The highest BCUT2D eigenvalue weighted by molar-refractivity contribution is 6.30. The van der Waals surface area contributed by atoms with Crippen molar-refractivity contribution >= 4 is 11.6 Å². The van der Waals surface area contributed by atoms with Crippen LogP contribution in [0.4, 0.5) is 0 Å². The summed E-state index contributed by atoms with van der Waals surface area (Å²) >= 11 is 5.96. The first-order chi connectivity index (χ1) is 7.47. The number of nitrogens with zero attached hydrogens (tertiary/aromatic N) is 1. The number of phenols is 1. The fourth-order valence-corrected chi connectivity index (χ4v) is 2.31. The second kappa shape index (κ2) is 5.55. The van der Waals surface area contributed by atoms with E-state index in [1.54, 1.807) is 12.1 Å². The molecule has 0 saturated heterocycles. The Morgan fingerprint density at radius 1 is 1.31 bits per heavy atom. The Morgan fingerprint density at radius 2 is 1.94 bits per heavy atom. The summed E-state index contributed by atoms with van der Waals surface area (Å²) < 4.78 is 0. The molecule has 1 aromatic carbocycles. The van der Waals surface area contributed by atoms with Gasteiger partial charge < -0.3 is 5.11 Å². The third-order valence-electron chi connectivity index (χ3n) is 2.97. The van der Waals surface area contributed by atoms with Crippen LogP contribution in [0.1, 0.15) is 39.3 Å². The van der Waals surface area contributed by atoms with E-state index < -0.39 is 0 Å². The average molecular weight is 242 g/mol. The first kappa shape index (κ1) is 13.3. The van der Waals surface area contributed by atoms with E-state index in [1.165, 1.54) is 0 Å². The van der Waals surface area contributed by atoms with Gasteiger partial charge >= 0.3 is 0 Å². The summed E-state index contributed by atoms with van der Waals surface area (Å²) in [5.74, 6) is 0.316. The summed E-state index contributed by atoms with van der Waals surface area (Å²) in [7, 11) is 0.